The predicted octanol–water partition coefficient (Wildman–Crippen LogP) is 4.79. The lowest BCUT2D eigenvalue weighted by molar-refractivity contribution is -0.139. The van der Waals surface area contributed by atoms with E-state index in [1.807, 2.05) is 0 Å². The third-order valence-electron chi connectivity index (χ3n) is 4.21. The Morgan fingerprint density at radius 2 is 2.07 bits per heavy atom. The Morgan fingerprint density at radius 1 is 1.30 bits per heavy atom. The third kappa shape index (κ3) is 4.83. The van der Waals surface area contributed by atoms with E-state index in [9.17, 15) is 21.6 Å². The Labute approximate surface area is 164 Å². The van der Waals surface area contributed by atoms with E-state index < -0.39 is 26.7 Å². The van der Waals surface area contributed by atoms with E-state index in [1.54, 1.807) is 17.5 Å². The highest BCUT2D eigenvalue weighted by Gasteiger charge is 2.40. The molecule has 0 radical (unpaired) electrons. The fourth-order valence-corrected chi connectivity index (χ4v) is 5.54. The van der Waals surface area contributed by atoms with Crippen molar-refractivity contribution < 1.29 is 26.3 Å². The highest BCUT2D eigenvalue weighted by atomic mass is 35.5. The molecule has 2 aromatic rings. The summed E-state index contributed by atoms with van der Waals surface area (Å²) in [5, 5.41) is 1.61. The molecule has 0 saturated carbocycles. The van der Waals surface area contributed by atoms with E-state index in [-0.39, 0.29) is 24.2 Å². The molecule has 0 amide bonds. The van der Waals surface area contributed by atoms with Crippen LogP contribution in [0.3, 0.4) is 0 Å². The molecule has 148 valence electrons. The van der Waals surface area contributed by atoms with Crippen molar-refractivity contribution in [3.63, 3.8) is 0 Å². The number of hydrogen-bond acceptors (Lipinski definition) is 4. The summed E-state index contributed by atoms with van der Waals surface area (Å²) in [6.07, 6.45) is -3.71. The fraction of sp³-hybridized carbons (Fsp3) is 0.412. The van der Waals surface area contributed by atoms with Gasteiger partial charge >= 0.3 is 6.18 Å². The second-order valence-corrected chi connectivity index (χ2v) is 9.53. The lowest BCUT2D eigenvalue weighted by atomic mass is 10.2. The summed E-state index contributed by atoms with van der Waals surface area (Å²) in [4.78, 5) is -0.0620. The maximum Gasteiger partial charge on any atom is 0.417 e. The molecular formula is C17H17ClF3NO3S2. The minimum absolute atomic E-state index is 0.000156. The zero-order valence-electron chi connectivity index (χ0n) is 14.1. The summed E-state index contributed by atoms with van der Waals surface area (Å²) in [5.74, 6) is 0. The van der Waals surface area contributed by atoms with Crippen LogP contribution in [-0.2, 0) is 27.5 Å². The van der Waals surface area contributed by atoms with Crippen LogP contribution in [-0.4, -0.2) is 32.0 Å². The minimum atomic E-state index is -4.84. The van der Waals surface area contributed by atoms with Gasteiger partial charge in [0.2, 0.25) is 10.0 Å². The Bertz CT molecular complexity index is 879. The van der Waals surface area contributed by atoms with Gasteiger partial charge in [0.25, 0.3) is 0 Å². The molecule has 1 aromatic heterocycles. The van der Waals surface area contributed by atoms with Gasteiger partial charge in [-0.1, -0.05) is 17.7 Å². The number of thiophene rings is 1. The minimum Gasteiger partial charge on any atom is -0.377 e. The van der Waals surface area contributed by atoms with Gasteiger partial charge in [-0.05, 0) is 42.5 Å². The number of nitrogens with zero attached hydrogens (tertiary/aromatic N) is 1. The number of rotatable bonds is 6. The molecule has 1 fully saturated rings. The van der Waals surface area contributed by atoms with Gasteiger partial charge in [-0.3, -0.25) is 0 Å². The van der Waals surface area contributed by atoms with Gasteiger partial charge in [-0.15, -0.1) is 11.3 Å². The van der Waals surface area contributed by atoms with Crippen LogP contribution in [0.25, 0.3) is 0 Å². The van der Waals surface area contributed by atoms with E-state index in [2.05, 4.69) is 0 Å². The van der Waals surface area contributed by atoms with Crippen molar-refractivity contribution in [1.82, 2.24) is 4.31 Å². The van der Waals surface area contributed by atoms with Gasteiger partial charge in [-0.2, -0.15) is 17.5 Å². The molecule has 0 bridgehead atoms. The van der Waals surface area contributed by atoms with Crippen LogP contribution >= 0.6 is 22.9 Å². The van der Waals surface area contributed by atoms with E-state index >= 15 is 0 Å². The second-order valence-electron chi connectivity index (χ2n) is 6.15. The summed E-state index contributed by atoms with van der Waals surface area (Å²) in [6.45, 7) is 0.506. The molecule has 10 heteroatoms. The smallest absolute Gasteiger partial charge is 0.377 e. The van der Waals surface area contributed by atoms with Gasteiger partial charge in [0, 0.05) is 29.6 Å². The number of halogens is 4. The van der Waals surface area contributed by atoms with Crippen molar-refractivity contribution in [2.45, 2.75) is 36.6 Å². The first-order chi connectivity index (χ1) is 12.7. The Morgan fingerprint density at radius 3 is 2.67 bits per heavy atom. The van der Waals surface area contributed by atoms with E-state index in [0.29, 0.717) is 19.1 Å². The summed E-state index contributed by atoms with van der Waals surface area (Å²) in [7, 11) is -4.41. The number of sulfonamides is 1. The molecule has 27 heavy (non-hydrogen) atoms. The molecule has 1 atom stereocenters. The Balaban J connectivity index is 2.01. The normalized spacial score (nSPS) is 18.3. The summed E-state index contributed by atoms with van der Waals surface area (Å²) in [6, 6.07) is 6.22. The predicted molar refractivity (Wildman–Crippen MR) is 97.3 cm³/mol. The van der Waals surface area contributed by atoms with Gasteiger partial charge in [0.15, 0.2) is 0 Å². The zero-order chi connectivity index (χ0) is 19.7. The Hall–Kier alpha value is -1.13. The van der Waals surface area contributed by atoms with Crippen LogP contribution in [0.15, 0.2) is 40.6 Å². The first-order valence-corrected chi connectivity index (χ1v) is 10.9. The average Bonchev–Trinajstić information content (AvgIpc) is 3.27. The fourth-order valence-electron chi connectivity index (χ4n) is 2.93. The summed E-state index contributed by atoms with van der Waals surface area (Å²) in [5.41, 5.74) is -1.27. The van der Waals surface area contributed by atoms with Crippen molar-refractivity contribution >= 4 is 33.0 Å². The van der Waals surface area contributed by atoms with Gasteiger partial charge in [0.1, 0.15) is 0 Å². The molecule has 3 rings (SSSR count). The van der Waals surface area contributed by atoms with Crippen molar-refractivity contribution in [1.29, 1.82) is 0 Å². The first kappa shape index (κ1) is 20.6. The third-order valence-corrected chi connectivity index (χ3v) is 7.17. The van der Waals surface area contributed by atoms with Gasteiger partial charge < -0.3 is 4.74 Å². The molecule has 0 N–H and O–H groups in total. The van der Waals surface area contributed by atoms with Gasteiger partial charge in [-0.25, -0.2) is 8.42 Å². The van der Waals surface area contributed by atoms with E-state index in [1.165, 1.54) is 11.3 Å². The standard InChI is InChI=1S/C17H17ClF3NO3S2/c18-12-5-6-16(15(9-12)17(19,20)21)27(23,24)22(10-13-3-1-7-25-13)11-14-4-2-8-26-14/h2,4-6,8-9,13H,1,3,7,10-11H2. The zero-order valence-corrected chi connectivity index (χ0v) is 16.5. The number of hydrogen-bond donors (Lipinski definition) is 0. The summed E-state index contributed by atoms with van der Waals surface area (Å²) >= 11 is 7.02. The molecule has 2 heterocycles. The molecule has 1 aromatic carbocycles. The number of benzene rings is 1. The lowest BCUT2D eigenvalue weighted by Gasteiger charge is -2.26. The molecule has 1 aliphatic heterocycles. The van der Waals surface area contributed by atoms with Crippen LogP contribution in [0, 0.1) is 0 Å². The molecule has 0 aliphatic carbocycles. The van der Waals surface area contributed by atoms with E-state index in [4.69, 9.17) is 16.3 Å². The average molecular weight is 440 g/mol. The van der Waals surface area contributed by atoms with Crippen LogP contribution in [0.2, 0.25) is 5.02 Å². The molecule has 0 spiro atoms. The van der Waals surface area contributed by atoms with Crippen molar-refractivity contribution in [2.75, 3.05) is 13.2 Å². The van der Waals surface area contributed by atoms with Crippen LogP contribution in [0.4, 0.5) is 13.2 Å². The molecule has 1 unspecified atom stereocenters. The van der Waals surface area contributed by atoms with E-state index in [0.717, 1.165) is 27.7 Å². The Kier molecular flexibility index (Phi) is 6.17. The van der Waals surface area contributed by atoms with Crippen LogP contribution < -0.4 is 0 Å². The van der Waals surface area contributed by atoms with Crippen molar-refractivity contribution in [3.05, 3.63) is 51.2 Å². The molecular weight excluding hydrogens is 423 g/mol. The lowest BCUT2D eigenvalue weighted by Crippen LogP contribution is -2.37. The molecule has 4 nitrogen and oxygen atoms in total. The second kappa shape index (κ2) is 8.08. The summed E-state index contributed by atoms with van der Waals surface area (Å²) < 4.78 is 73.2. The van der Waals surface area contributed by atoms with Crippen LogP contribution in [0.1, 0.15) is 23.3 Å². The maximum absolute atomic E-state index is 13.4. The van der Waals surface area contributed by atoms with Gasteiger partial charge in [0.05, 0.1) is 16.6 Å². The largest absolute Gasteiger partial charge is 0.417 e. The maximum atomic E-state index is 13.4. The molecule has 1 saturated heterocycles. The number of ether oxygens (including phenoxy) is 1. The molecule has 1 aliphatic rings. The SMILES string of the molecule is O=S(=O)(c1ccc(Cl)cc1C(F)(F)F)N(Cc1cccs1)CC1CCCO1. The highest BCUT2D eigenvalue weighted by molar-refractivity contribution is 7.89. The topological polar surface area (TPSA) is 46.6 Å². The van der Waals surface area contributed by atoms with Crippen molar-refractivity contribution in [3.8, 4) is 0 Å². The highest BCUT2D eigenvalue weighted by Crippen LogP contribution is 2.37. The monoisotopic (exact) mass is 439 g/mol. The van der Waals surface area contributed by atoms with Crippen LogP contribution in [0.5, 0.6) is 0 Å². The van der Waals surface area contributed by atoms with Crippen molar-refractivity contribution in [2.24, 2.45) is 0 Å². The first-order valence-electron chi connectivity index (χ1n) is 8.19. The number of alkyl halides is 3. The quantitative estimate of drug-likeness (QED) is 0.650.